The minimum absolute atomic E-state index is 0.0615. The normalized spacial score (nSPS) is 13.4. The van der Waals surface area contributed by atoms with Crippen LogP contribution in [0.15, 0.2) is 170 Å². The van der Waals surface area contributed by atoms with Crippen molar-refractivity contribution in [2.45, 2.75) is 19.3 Å². The van der Waals surface area contributed by atoms with E-state index in [4.69, 9.17) is 0 Å². The first-order valence-electron chi connectivity index (χ1n) is 17.8. The minimum atomic E-state index is -0.0615. The van der Waals surface area contributed by atoms with Gasteiger partial charge in [0.05, 0.1) is 11.0 Å². The summed E-state index contributed by atoms with van der Waals surface area (Å²) in [4.78, 5) is 2.37. The lowest BCUT2D eigenvalue weighted by molar-refractivity contribution is 0.660. The molecule has 2 heteroatoms. The molecular weight excluding hydrogens is 617 g/mol. The Kier molecular flexibility index (Phi) is 6.56. The smallest absolute Gasteiger partial charge is 0.0553 e. The second kappa shape index (κ2) is 11.3. The van der Waals surface area contributed by atoms with Gasteiger partial charge in [0.25, 0.3) is 0 Å². The van der Waals surface area contributed by atoms with Gasteiger partial charge in [-0.1, -0.05) is 129 Å². The maximum Gasteiger partial charge on any atom is 0.0553 e. The van der Waals surface area contributed by atoms with E-state index in [1.165, 1.54) is 66.1 Å². The van der Waals surface area contributed by atoms with E-state index >= 15 is 0 Å². The lowest BCUT2D eigenvalue weighted by Crippen LogP contribution is -2.16. The number of anilines is 3. The van der Waals surface area contributed by atoms with Crippen molar-refractivity contribution in [1.29, 1.82) is 0 Å². The van der Waals surface area contributed by atoms with Gasteiger partial charge < -0.3 is 9.47 Å². The van der Waals surface area contributed by atoms with E-state index in [0.717, 1.165) is 22.6 Å². The molecule has 10 rings (SSSR count). The van der Waals surface area contributed by atoms with E-state index in [-0.39, 0.29) is 5.41 Å². The fourth-order valence-electron chi connectivity index (χ4n) is 8.45. The summed E-state index contributed by atoms with van der Waals surface area (Å²) >= 11 is 0. The van der Waals surface area contributed by atoms with Gasteiger partial charge in [0, 0.05) is 38.9 Å². The Morgan fingerprint density at radius 3 is 1.92 bits per heavy atom. The van der Waals surface area contributed by atoms with Crippen molar-refractivity contribution in [1.82, 2.24) is 4.57 Å². The number of nitrogens with zero attached hydrogens (tertiary/aromatic N) is 2. The summed E-state index contributed by atoms with van der Waals surface area (Å²) in [6.07, 6.45) is 4.48. The molecule has 1 aromatic heterocycles. The Hall–Kier alpha value is -6.38. The van der Waals surface area contributed by atoms with Crippen molar-refractivity contribution < 1.29 is 0 Å². The molecule has 0 atom stereocenters. The Morgan fingerprint density at radius 1 is 0.451 bits per heavy atom. The summed E-state index contributed by atoms with van der Waals surface area (Å²) in [5.41, 5.74) is 14.8. The molecule has 1 heterocycles. The molecule has 0 saturated heterocycles. The van der Waals surface area contributed by atoms with E-state index < -0.39 is 0 Å². The summed E-state index contributed by atoms with van der Waals surface area (Å²) in [6, 6.07) is 62.0. The molecule has 1 aliphatic rings. The second-order valence-corrected chi connectivity index (χ2v) is 14.2. The highest BCUT2D eigenvalue weighted by molar-refractivity contribution is 6.24. The molecule has 0 amide bonds. The zero-order valence-electron chi connectivity index (χ0n) is 28.7. The molecule has 0 unspecified atom stereocenters. The van der Waals surface area contributed by atoms with Crippen molar-refractivity contribution in [3.05, 3.63) is 192 Å². The third-order valence-electron chi connectivity index (χ3n) is 10.9. The summed E-state index contributed by atoms with van der Waals surface area (Å²) in [5.74, 6) is 0. The van der Waals surface area contributed by atoms with Gasteiger partial charge in [0.15, 0.2) is 0 Å². The van der Waals surface area contributed by atoms with Crippen molar-refractivity contribution in [2.75, 3.05) is 4.90 Å². The highest BCUT2D eigenvalue weighted by atomic mass is 15.1. The third-order valence-corrected chi connectivity index (χ3v) is 10.9. The summed E-state index contributed by atoms with van der Waals surface area (Å²) in [5, 5.41) is 5.20. The van der Waals surface area contributed by atoms with Crippen LogP contribution in [-0.4, -0.2) is 4.57 Å². The van der Waals surface area contributed by atoms with Crippen LogP contribution in [0.3, 0.4) is 0 Å². The molecule has 8 aromatic carbocycles. The first-order valence-corrected chi connectivity index (χ1v) is 17.8. The summed E-state index contributed by atoms with van der Waals surface area (Å²) in [6.45, 7) is 4.69. The summed E-state index contributed by atoms with van der Waals surface area (Å²) in [7, 11) is 0. The molecule has 0 N–H and O–H groups in total. The monoisotopic (exact) mass is 652 g/mol. The number of hydrogen-bond acceptors (Lipinski definition) is 1. The number of para-hydroxylation sites is 2. The average molecular weight is 653 g/mol. The van der Waals surface area contributed by atoms with Crippen LogP contribution >= 0.6 is 0 Å². The number of aromatic nitrogens is 1. The van der Waals surface area contributed by atoms with E-state index in [0.29, 0.717) is 0 Å². The number of fused-ring (bicyclic) bond motifs is 3. The molecule has 51 heavy (non-hydrogen) atoms. The van der Waals surface area contributed by atoms with Gasteiger partial charge in [-0.3, -0.25) is 0 Å². The Bertz CT molecular complexity index is 2750. The Morgan fingerprint density at radius 2 is 1.10 bits per heavy atom. The molecule has 9 aromatic rings. The van der Waals surface area contributed by atoms with Gasteiger partial charge in [-0.2, -0.15) is 0 Å². The van der Waals surface area contributed by atoms with Gasteiger partial charge in [0.1, 0.15) is 0 Å². The van der Waals surface area contributed by atoms with E-state index in [1.807, 2.05) is 0 Å². The molecule has 0 saturated carbocycles. The van der Waals surface area contributed by atoms with Gasteiger partial charge in [-0.05, 0) is 111 Å². The van der Waals surface area contributed by atoms with E-state index in [9.17, 15) is 0 Å². The fraction of sp³-hybridized carbons (Fsp3) is 0.0612. The van der Waals surface area contributed by atoms with Crippen LogP contribution in [0, 0.1) is 0 Å². The largest absolute Gasteiger partial charge is 0.310 e. The zero-order valence-corrected chi connectivity index (χ0v) is 28.7. The SMILES string of the molecule is CC1(C)c2ccccc2-c2ccc(N(c3ccccc3)c3ccc(C=Cc4cc5ccc6cccc7c6c5c(c4)n7-c4ccccc4)cc3)cc21. The molecular formula is C49H36N2. The maximum absolute atomic E-state index is 2.41. The Labute approximate surface area is 298 Å². The van der Waals surface area contributed by atoms with Crippen LogP contribution in [0.25, 0.3) is 61.5 Å². The summed E-state index contributed by atoms with van der Waals surface area (Å²) < 4.78 is 2.41. The van der Waals surface area contributed by atoms with Crippen molar-refractivity contribution >= 4 is 61.8 Å². The van der Waals surface area contributed by atoms with Crippen molar-refractivity contribution in [3.8, 4) is 16.8 Å². The first kappa shape index (κ1) is 29.5. The lowest BCUT2D eigenvalue weighted by Gasteiger charge is -2.28. The number of hydrogen-bond donors (Lipinski definition) is 0. The van der Waals surface area contributed by atoms with Crippen LogP contribution in [0.5, 0.6) is 0 Å². The van der Waals surface area contributed by atoms with Gasteiger partial charge in [-0.15, -0.1) is 0 Å². The minimum Gasteiger partial charge on any atom is -0.310 e. The predicted molar refractivity (Wildman–Crippen MR) is 217 cm³/mol. The molecule has 0 fully saturated rings. The van der Waals surface area contributed by atoms with E-state index in [1.54, 1.807) is 0 Å². The van der Waals surface area contributed by atoms with Gasteiger partial charge in [0.2, 0.25) is 0 Å². The zero-order chi connectivity index (χ0) is 34.1. The molecule has 2 nitrogen and oxygen atoms in total. The molecule has 0 bridgehead atoms. The topological polar surface area (TPSA) is 8.17 Å². The van der Waals surface area contributed by atoms with Gasteiger partial charge >= 0.3 is 0 Å². The quantitative estimate of drug-likeness (QED) is 0.128. The number of benzene rings is 8. The predicted octanol–water partition coefficient (Wildman–Crippen LogP) is 13.3. The van der Waals surface area contributed by atoms with Crippen LogP contribution in [-0.2, 0) is 5.41 Å². The molecule has 1 aliphatic carbocycles. The van der Waals surface area contributed by atoms with Crippen molar-refractivity contribution in [2.24, 2.45) is 0 Å². The molecule has 0 radical (unpaired) electrons. The standard InChI is InChI=1S/C49H36N2/c1-49(2)43-18-10-9-17-41(43)42-29-28-40(32-44(42)49)50(37-13-5-3-6-14-37)39-26-22-33(23-27-39)20-21-34-30-36-25-24-35-12-11-19-45-47(35)48(36)46(31-34)51(45)38-15-7-4-8-16-38/h3-32H,1-2H3. The maximum atomic E-state index is 2.41. The molecule has 0 spiro atoms. The van der Waals surface area contributed by atoms with Crippen LogP contribution in [0.4, 0.5) is 17.1 Å². The highest BCUT2D eigenvalue weighted by Crippen LogP contribution is 2.50. The Balaban J connectivity index is 1.02. The van der Waals surface area contributed by atoms with Gasteiger partial charge in [-0.25, -0.2) is 0 Å². The van der Waals surface area contributed by atoms with Crippen LogP contribution in [0.2, 0.25) is 0 Å². The first-order chi connectivity index (χ1) is 25.0. The average Bonchev–Trinajstić information content (AvgIpc) is 3.63. The second-order valence-electron chi connectivity index (χ2n) is 14.2. The fourth-order valence-corrected chi connectivity index (χ4v) is 8.45. The molecule has 242 valence electrons. The van der Waals surface area contributed by atoms with Crippen molar-refractivity contribution in [3.63, 3.8) is 0 Å². The van der Waals surface area contributed by atoms with E-state index in [2.05, 4.69) is 205 Å². The number of rotatable bonds is 6. The molecule has 0 aliphatic heterocycles. The van der Waals surface area contributed by atoms with Crippen LogP contribution < -0.4 is 4.90 Å². The highest BCUT2D eigenvalue weighted by Gasteiger charge is 2.35. The van der Waals surface area contributed by atoms with Crippen LogP contribution in [0.1, 0.15) is 36.1 Å². The third kappa shape index (κ3) is 4.64. The lowest BCUT2D eigenvalue weighted by atomic mass is 9.82.